The van der Waals surface area contributed by atoms with E-state index >= 15 is 0 Å². The molecule has 5 heteroatoms. The van der Waals surface area contributed by atoms with Crippen molar-refractivity contribution in [2.45, 2.75) is 51.9 Å². The van der Waals surface area contributed by atoms with Crippen LogP contribution in [0.2, 0.25) is 0 Å². The van der Waals surface area contributed by atoms with E-state index in [4.69, 9.17) is 4.74 Å². The van der Waals surface area contributed by atoms with Crippen LogP contribution in [-0.2, 0) is 0 Å². The second-order valence-electron chi connectivity index (χ2n) is 6.63. The number of phenols is 3. The molecule has 0 unspecified atom stereocenters. The number of hydrogen-bond acceptors (Lipinski definition) is 5. The van der Waals surface area contributed by atoms with Gasteiger partial charge in [0.2, 0.25) is 11.5 Å². The second kappa shape index (κ2) is 10.5. The number of rotatable bonds is 11. The second-order valence-corrected chi connectivity index (χ2v) is 6.63. The van der Waals surface area contributed by atoms with Gasteiger partial charge in [-0.2, -0.15) is 0 Å². The Morgan fingerprint density at radius 3 is 2.19 bits per heavy atom. The van der Waals surface area contributed by atoms with Crippen molar-refractivity contribution in [1.29, 1.82) is 0 Å². The number of ether oxygens (including phenoxy) is 1. The van der Waals surface area contributed by atoms with E-state index in [0.717, 1.165) is 25.3 Å². The summed E-state index contributed by atoms with van der Waals surface area (Å²) in [4.78, 5) is 12.5. The number of carbonyl (C=O) groups is 1. The first kappa shape index (κ1) is 20.6. The van der Waals surface area contributed by atoms with Crippen LogP contribution in [0.5, 0.6) is 23.0 Å². The Morgan fingerprint density at radius 2 is 1.52 bits per heavy atom. The van der Waals surface area contributed by atoms with Gasteiger partial charge in [-0.25, -0.2) is 0 Å². The first-order chi connectivity index (χ1) is 13.1. The topological polar surface area (TPSA) is 87.0 Å². The summed E-state index contributed by atoms with van der Waals surface area (Å²) in [6, 6.07) is 9.49. The summed E-state index contributed by atoms with van der Waals surface area (Å²) in [6.07, 6.45) is 7.82. The van der Waals surface area contributed by atoms with Crippen molar-refractivity contribution in [1.82, 2.24) is 0 Å². The molecule has 0 bridgehead atoms. The molecule has 0 aliphatic carbocycles. The van der Waals surface area contributed by atoms with Crippen LogP contribution in [0.4, 0.5) is 0 Å². The Labute approximate surface area is 160 Å². The van der Waals surface area contributed by atoms with E-state index in [1.165, 1.54) is 25.7 Å². The third kappa shape index (κ3) is 5.64. The maximum atomic E-state index is 12.5. The Balaban J connectivity index is 1.97. The molecule has 0 fully saturated rings. The van der Waals surface area contributed by atoms with Crippen molar-refractivity contribution in [2.24, 2.45) is 0 Å². The summed E-state index contributed by atoms with van der Waals surface area (Å²) in [5.74, 6) is -2.25. The van der Waals surface area contributed by atoms with Gasteiger partial charge in [-0.15, -0.1) is 0 Å². The number of ketones is 1. The van der Waals surface area contributed by atoms with Crippen LogP contribution >= 0.6 is 0 Å². The zero-order chi connectivity index (χ0) is 19.6. The van der Waals surface area contributed by atoms with Crippen molar-refractivity contribution in [2.75, 3.05) is 6.61 Å². The van der Waals surface area contributed by atoms with E-state index in [-0.39, 0.29) is 17.1 Å². The zero-order valence-corrected chi connectivity index (χ0v) is 15.8. The average molecular weight is 372 g/mol. The van der Waals surface area contributed by atoms with E-state index < -0.39 is 17.3 Å². The lowest BCUT2D eigenvalue weighted by atomic mass is 10.0. The molecule has 0 heterocycles. The lowest BCUT2D eigenvalue weighted by Crippen LogP contribution is -2.03. The molecule has 0 spiro atoms. The molecule has 5 nitrogen and oxygen atoms in total. The molecule has 0 saturated carbocycles. The molecule has 27 heavy (non-hydrogen) atoms. The van der Waals surface area contributed by atoms with Crippen molar-refractivity contribution in [3.05, 3.63) is 47.5 Å². The monoisotopic (exact) mass is 372 g/mol. The molecule has 2 aromatic carbocycles. The fourth-order valence-corrected chi connectivity index (χ4v) is 2.92. The number of hydrogen-bond donors (Lipinski definition) is 3. The van der Waals surface area contributed by atoms with Crippen molar-refractivity contribution in [3.63, 3.8) is 0 Å². The van der Waals surface area contributed by atoms with Gasteiger partial charge in [-0.05, 0) is 12.5 Å². The predicted molar refractivity (Wildman–Crippen MR) is 105 cm³/mol. The van der Waals surface area contributed by atoms with Gasteiger partial charge in [-0.3, -0.25) is 4.79 Å². The van der Waals surface area contributed by atoms with Crippen LogP contribution < -0.4 is 4.74 Å². The van der Waals surface area contributed by atoms with Crippen LogP contribution in [0.3, 0.4) is 0 Å². The number of aromatic hydroxyl groups is 3. The van der Waals surface area contributed by atoms with Gasteiger partial charge >= 0.3 is 0 Å². The molecule has 2 rings (SSSR count). The van der Waals surface area contributed by atoms with Gasteiger partial charge in [0.15, 0.2) is 17.3 Å². The summed E-state index contributed by atoms with van der Waals surface area (Å²) >= 11 is 0. The van der Waals surface area contributed by atoms with Crippen LogP contribution in [0.25, 0.3) is 0 Å². The molecule has 0 aliphatic heterocycles. The minimum atomic E-state index is -0.614. The minimum Gasteiger partial charge on any atom is -0.504 e. The molecule has 0 atom stereocenters. The molecule has 3 N–H and O–H groups in total. The highest BCUT2D eigenvalue weighted by atomic mass is 16.5. The third-order valence-corrected chi connectivity index (χ3v) is 4.48. The normalized spacial score (nSPS) is 10.7. The maximum absolute atomic E-state index is 12.5. The first-order valence-electron chi connectivity index (χ1n) is 9.56. The van der Waals surface area contributed by atoms with Gasteiger partial charge < -0.3 is 20.1 Å². The molecular formula is C22H28O5. The van der Waals surface area contributed by atoms with Gasteiger partial charge in [0.05, 0.1) is 12.2 Å². The highest BCUT2D eigenvalue weighted by Gasteiger charge is 2.23. The van der Waals surface area contributed by atoms with E-state index in [0.29, 0.717) is 12.2 Å². The lowest BCUT2D eigenvalue weighted by molar-refractivity contribution is 0.103. The van der Waals surface area contributed by atoms with E-state index in [2.05, 4.69) is 6.92 Å². The summed E-state index contributed by atoms with van der Waals surface area (Å²) in [5, 5.41) is 30.5. The Morgan fingerprint density at radius 1 is 0.889 bits per heavy atom. The summed E-state index contributed by atoms with van der Waals surface area (Å²) < 4.78 is 5.45. The molecular weight excluding hydrogens is 344 g/mol. The Bertz CT molecular complexity index is 740. The third-order valence-electron chi connectivity index (χ3n) is 4.48. The number of phenolic OH excluding ortho intramolecular Hbond substituents is 3. The largest absolute Gasteiger partial charge is 0.504 e. The summed E-state index contributed by atoms with van der Waals surface area (Å²) in [5.41, 5.74) is 0.183. The van der Waals surface area contributed by atoms with Crippen molar-refractivity contribution in [3.8, 4) is 23.0 Å². The zero-order valence-electron chi connectivity index (χ0n) is 15.8. The predicted octanol–water partition coefficient (Wildman–Crippen LogP) is 5.16. The fraction of sp³-hybridized carbons (Fsp3) is 0.409. The molecule has 0 aromatic heterocycles. The number of benzene rings is 2. The molecule has 0 saturated heterocycles. The van der Waals surface area contributed by atoms with Crippen LogP contribution in [-0.4, -0.2) is 27.7 Å². The molecule has 0 aliphatic rings. The smallest absolute Gasteiger partial charge is 0.207 e. The standard InChI is InChI=1S/C22H28O5/c1-2-3-4-5-6-7-11-14-27-22-18(23)15-17(20(25)21(22)26)19(24)16-12-9-8-10-13-16/h8-10,12-13,15,23,25-26H,2-7,11,14H2,1H3. The lowest BCUT2D eigenvalue weighted by Gasteiger charge is -2.13. The highest BCUT2D eigenvalue weighted by molar-refractivity contribution is 6.11. The van der Waals surface area contributed by atoms with E-state index in [1.807, 2.05) is 0 Å². The average Bonchev–Trinajstić information content (AvgIpc) is 2.69. The molecule has 146 valence electrons. The number of carbonyl (C=O) groups excluding carboxylic acids is 1. The highest BCUT2D eigenvalue weighted by Crippen LogP contribution is 2.45. The maximum Gasteiger partial charge on any atom is 0.207 e. The van der Waals surface area contributed by atoms with Crippen molar-refractivity contribution >= 4 is 5.78 Å². The van der Waals surface area contributed by atoms with Gasteiger partial charge in [0, 0.05) is 5.56 Å². The Kier molecular flexibility index (Phi) is 7.99. The molecule has 0 radical (unpaired) electrons. The van der Waals surface area contributed by atoms with Gasteiger partial charge in [0.1, 0.15) is 0 Å². The molecule has 2 aromatic rings. The van der Waals surface area contributed by atoms with Gasteiger partial charge in [-0.1, -0.05) is 75.8 Å². The number of unbranched alkanes of at least 4 members (excludes halogenated alkanes) is 6. The van der Waals surface area contributed by atoms with Crippen molar-refractivity contribution < 1.29 is 24.9 Å². The van der Waals surface area contributed by atoms with Crippen LogP contribution in [0, 0.1) is 0 Å². The first-order valence-corrected chi connectivity index (χ1v) is 9.56. The SMILES string of the molecule is CCCCCCCCCOc1c(O)cc(C(=O)c2ccccc2)c(O)c1O. The molecule has 0 amide bonds. The van der Waals surface area contributed by atoms with E-state index in [1.54, 1.807) is 30.3 Å². The summed E-state index contributed by atoms with van der Waals surface area (Å²) in [6.45, 7) is 2.50. The summed E-state index contributed by atoms with van der Waals surface area (Å²) in [7, 11) is 0. The van der Waals surface area contributed by atoms with Gasteiger partial charge in [0.25, 0.3) is 0 Å². The Hall–Kier alpha value is -2.69. The van der Waals surface area contributed by atoms with Crippen LogP contribution in [0.1, 0.15) is 67.8 Å². The minimum absolute atomic E-state index is 0.167. The van der Waals surface area contributed by atoms with Crippen LogP contribution in [0.15, 0.2) is 36.4 Å². The van der Waals surface area contributed by atoms with E-state index in [9.17, 15) is 20.1 Å². The quantitative estimate of drug-likeness (QED) is 0.219. The fourth-order valence-electron chi connectivity index (χ4n) is 2.92.